The Labute approximate surface area is 179 Å². The fourth-order valence-corrected chi connectivity index (χ4v) is 5.60. The molecule has 1 aliphatic carbocycles. The molecule has 3 heterocycles. The Hall–Kier alpha value is -1.05. The van der Waals surface area contributed by atoms with Gasteiger partial charge in [0.2, 0.25) is 0 Å². The van der Waals surface area contributed by atoms with Crippen LogP contribution in [0.5, 0.6) is 0 Å². The molecule has 4 rings (SSSR count). The largest absolute Gasteiger partial charge is 0.375 e. The summed E-state index contributed by atoms with van der Waals surface area (Å²) in [6.07, 6.45) is 6.54. The summed E-state index contributed by atoms with van der Waals surface area (Å²) in [4.78, 5) is 2.23. The van der Waals surface area contributed by atoms with Gasteiger partial charge >= 0.3 is 0 Å². The van der Waals surface area contributed by atoms with Crippen LogP contribution in [0.4, 0.5) is 8.78 Å². The zero-order chi connectivity index (χ0) is 21.6. The lowest BCUT2D eigenvalue weighted by molar-refractivity contribution is -0.125. The minimum Gasteiger partial charge on any atom is -0.375 e. The first-order chi connectivity index (χ1) is 14.1. The quantitative estimate of drug-likeness (QED) is 0.751. The molecular weight excluding hydrogens is 386 g/mol. The number of likely N-dealkylation sites (N-methyl/N-ethyl adjacent to an activating group) is 2. The highest BCUT2D eigenvalue weighted by Gasteiger charge is 2.45. The van der Waals surface area contributed by atoms with Crippen molar-refractivity contribution in [2.75, 3.05) is 33.8 Å². The van der Waals surface area contributed by atoms with E-state index >= 15 is 0 Å². The van der Waals surface area contributed by atoms with Crippen LogP contribution in [-0.4, -0.2) is 60.0 Å². The van der Waals surface area contributed by atoms with Crippen molar-refractivity contribution < 1.29 is 13.5 Å². The van der Waals surface area contributed by atoms with Gasteiger partial charge < -0.3 is 10.1 Å². The van der Waals surface area contributed by atoms with Crippen molar-refractivity contribution in [2.45, 2.75) is 89.3 Å². The molecule has 1 aromatic rings. The maximum atomic E-state index is 14.1. The summed E-state index contributed by atoms with van der Waals surface area (Å²) in [6, 6.07) is 0. The average Bonchev–Trinajstić information content (AvgIpc) is 3.14. The monoisotopic (exact) mass is 424 g/mol. The number of halogens is 2. The van der Waals surface area contributed by atoms with Gasteiger partial charge in [-0.2, -0.15) is 5.10 Å². The summed E-state index contributed by atoms with van der Waals surface area (Å²) in [7, 11) is 4.03. The predicted molar refractivity (Wildman–Crippen MR) is 114 cm³/mol. The summed E-state index contributed by atoms with van der Waals surface area (Å²) >= 11 is 0. The van der Waals surface area contributed by atoms with E-state index in [1.54, 1.807) is 4.68 Å². The maximum absolute atomic E-state index is 14.1. The normalized spacial score (nSPS) is 30.2. The van der Waals surface area contributed by atoms with Crippen LogP contribution in [0.1, 0.15) is 75.2 Å². The number of hydrogen-bond donors (Lipinski definition) is 1. The SMILES string of the molecule is CNCCN(C)Cc1nn2c(c1C1CCC3(CC1)CCC(C)(C)OC3)CC(F)(F)C2. The molecule has 7 heteroatoms. The molecule has 5 nitrogen and oxygen atoms in total. The zero-order valence-electron chi connectivity index (χ0n) is 19.1. The minimum atomic E-state index is -2.66. The van der Waals surface area contributed by atoms with Gasteiger partial charge in [-0.3, -0.25) is 9.58 Å². The molecule has 2 fully saturated rings. The van der Waals surface area contributed by atoms with Crippen LogP contribution in [-0.2, 0) is 24.2 Å². The second-order valence-corrected chi connectivity index (χ2v) is 10.7. The number of hydrogen-bond acceptors (Lipinski definition) is 4. The van der Waals surface area contributed by atoms with Crippen LogP contribution in [0.15, 0.2) is 0 Å². The Morgan fingerprint density at radius 2 is 1.93 bits per heavy atom. The van der Waals surface area contributed by atoms with E-state index in [-0.39, 0.29) is 24.0 Å². The van der Waals surface area contributed by atoms with Crippen LogP contribution >= 0.6 is 0 Å². The molecule has 30 heavy (non-hydrogen) atoms. The van der Waals surface area contributed by atoms with Gasteiger partial charge in [0.25, 0.3) is 5.92 Å². The van der Waals surface area contributed by atoms with E-state index in [9.17, 15) is 8.78 Å². The van der Waals surface area contributed by atoms with Crippen LogP contribution in [0, 0.1) is 5.41 Å². The molecule has 0 radical (unpaired) electrons. The van der Waals surface area contributed by atoms with Crippen LogP contribution in [0.25, 0.3) is 0 Å². The predicted octanol–water partition coefficient (Wildman–Crippen LogP) is 3.96. The summed E-state index contributed by atoms with van der Waals surface area (Å²) in [6.45, 7) is 7.47. The average molecular weight is 425 g/mol. The van der Waals surface area contributed by atoms with E-state index < -0.39 is 5.92 Å². The fourth-order valence-electron chi connectivity index (χ4n) is 5.60. The number of ether oxygens (including phenoxy) is 1. The fraction of sp³-hybridized carbons (Fsp3) is 0.870. The Morgan fingerprint density at radius 3 is 2.57 bits per heavy atom. The van der Waals surface area contributed by atoms with Crippen molar-refractivity contribution in [2.24, 2.45) is 5.41 Å². The second kappa shape index (κ2) is 8.14. The van der Waals surface area contributed by atoms with E-state index in [4.69, 9.17) is 4.74 Å². The van der Waals surface area contributed by atoms with Gasteiger partial charge in [0.1, 0.15) is 6.54 Å². The Balaban J connectivity index is 1.50. The number of aromatic nitrogens is 2. The Morgan fingerprint density at radius 1 is 1.20 bits per heavy atom. The summed E-state index contributed by atoms with van der Waals surface area (Å²) in [5.74, 6) is -2.32. The van der Waals surface area contributed by atoms with Gasteiger partial charge in [-0.1, -0.05) is 0 Å². The Kier molecular flexibility index (Phi) is 6.01. The maximum Gasteiger partial charge on any atom is 0.272 e. The number of alkyl halides is 2. The molecule has 1 spiro atoms. The molecule has 0 aromatic carbocycles. The van der Waals surface area contributed by atoms with Crippen molar-refractivity contribution in [3.63, 3.8) is 0 Å². The molecule has 0 unspecified atom stereocenters. The highest BCUT2D eigenvalue weighted by Crippen LogP contribution is 2.51. The standard InChI is InChI=1S/C23H38F2N4O/c1-21(2)9-10-22(16-30-21)7-5-17(6-8-22)20-18(14-28(4)12-11-26-3)27-29-15-23(24,25)13-19(20)29/h17,26H,5-16H2,1-4H3. The van der Waals surface area contributed by atoms with Gasteiger partial charge in [0.05, 0.1) is 24.3 Å². The molecule has 1 saturated carbocycles. The second-order valence-electron chi connectivity index (χ2n) is 10.7. The third kappa shape index (κ3) is 4.58. The zero-order valence-corrected chi connectivity index (χ0v) is 19.1. The van der Waals surface area contributed by atoms with E-state index in [1.807, 2.05) is 7.05 Å². The molecule has 1 aromatic heterocycles. The minimum absolute atomic E-state index is 0.00809. The van der Waals surface area contributed by atoms with Crippen molar-refractivity contribution in [1.82, 2.24) is 20.0 Å². The lowest BCUT2D eigenvalue weighted by Crippen LogP contribution is -2.42. The molecule has 1 N–H and O–H groups in total. The molecule has 170 valence electrons. The molecule has 1 saturated heterocycles. The van der Waals surface area contributed by atoms with Crippen LogP contribution < -0.4 is 5.32 Å². The third-order valence-electron chi connectivity index (χ3n) is 7.63. The summed E-state index contributed by atoms with van der Waals surface area (Å²) in [5.41, 5.74) is 3.22. The first-order valence-electron chi connectivity index (χ1n) is 11.6. The highest BCUT2D eigenvalue weighted by molar-refractivity contribution is 5.34. The van der Waals surface area contributed by atoms with Gasteiger partial charge in [0.15, 0.2) is 0 Å². The molecule has 0 atom stereocenters. The van der Waals surface area contributed by atoms with Crippen molar-refractivity contribution >= 4 is 0 Å². The van der Waals surface area contributed by atoms with Crippen molar-refractivity contribution in [3.8, 4) is 0 Å². The van der Waals surface area contributed by atoms with Gasteiger partial charge in [0, 0.05) is 30.9 Å². The molecule has 3 aliphatic rings. The van der Waals surface area contributed by atoms with E-state index in [0.29, 0.717) is 5.92 Å². The van der Waals surface area contributed by atoms with Crippen molar-refractivity contribution in [1.29, 1.82) is 0 Å². The number of rotatable bonds is 6. The van der Waals surface area contributed by atoms with Crippen LogP contribution in [0.3, 0.4) is 0 Å². The smallest absolute Gasteiger partial charge is 0.272 e. The van der Waals surface area contributed by atoms with E-state index in [0.717, 1.165) is 75.3 Å². The number of nitrogens with one attached hydrogen (secondary N) is 1. The van der Waals surface area contributed by atoms with Gasteiger partial charge in [-0.15, -0.1) is 0 Å². The molecule has 2 aliphatic heterocycles. The number of fused-ring (bicyclic) bond motifs is 1. The topological polar surface area (TPSA) is 42.3 Å². The highest BCUT2D eigenvalue weighted by atomic mass is 19.3. The van der Waals surface area contributed by atoms with Crippen molar-refractivity contribution in [3.05, 3.63) is 17.0 Å². The first-order valence-corrected chi connectivity index (χ1v) is 11.6. The lowest BCUT2D eigenvalue weighted by atomic mass is 9.65. The van der Waals surface area contributed by atoms with E-state index in [2.05, 4.69) is 36.2 Å². The lowest BCUT2D eigenvalue weighted by Gasteiger charge is -2.47. The van der Waals surface area contributed by atoms with Gasteiger partial charge in [-0.05, 0) is 77.8 Å². The van der Waals surface area contributed by atoms with Crippen LogP contribution in [0.2, 0.25) is 0 Å². The number of nitrogens with zero attached hydrogens (tertiary/aromatic N) is 3. The first kappa shape index (κ1) is 22.2. The Bertz CT molecular complexity index is 741. The van der Waals surface area contributed by atoms with Gasteiger partial charge in [-0.25, -0.2) is 8.78 Å². The molecule has 0 bridgehead atoms. The summed E-state index contributed by atoms with van der Waals surface area (Å²) in [5, 5.41) is 7.85. The third-order valence-corrected chi connectivity index (χ3v) is 7.63. The summed E-state index contributed by atoms with van der Waals surface area (Å²) < 4.78 is 36.1. The molecular formula is C23H38F2N4O. The molecule has 0 amide bonds. The van der Waals surface area contributed by atoms with E-state index in [1.165, 1.54) is 6.42 Å².